The maximum Gasteiger partial charge on any atom is 0.406 e. The number of phenolic OH excluding ortho intramolecular Hbond substituents is 3. The second-order valence-electron chi connectivity index (χ2n) is 23.6. The predicted molar refractivity (Wildman–Crippen MR) is 255 cm³/mol. The zero-order chi connectivity index (χ0) is 49.9. The van der Waals surface area contributed by atoms with Crippen LogP contribution in [0.5, 0.6) is 17.2 Å². The Kier molecular flexibility index (Phi) is 16.5. The number of ether oxygens (including phenoxy) is 3. The van der Waals surface area contributed by atoms with Crippen LogP contribution >= 0.6 is 0 Å². The molecule has 358 valence electrons. The second kappa shape index (κ2) is 19.8. The van der Waals surface area contributed by atoms with Crippen LogP contribution in [0.3, 0.4) is 0 Å². The molecular weight excluding hydrogens is 823 g/mol. The monoisotopic (exact) mass is 900 g/mol. The lowest BCUT2D eigenvalue weighted by Gasteiger charge is -2.29. The number of carbonyl (C=O) groups excluding carboxylic acids is 4. The van der Waals surface area contributed by atoms with Crippen LogP contribution in [0.2, 0.25) is 0 Å². The lowest BCUT2D eigenvalue weighted by atomic mass is 9.78. The smallest absolute Gasteiger partial charge is 0.406 e. The van der Waals surface area contributed by atoms with Gasteiger partial charge in [0, 0.05) is 19.3 Å². The quantitative estimate of drug-likeness (QED) is 0.0613. The van der Waals surface area contributed by atoms with E-state index < -0.39 is 52.1 Å². The molecule has 0 bridgehead atoms. The highest BCUT2D eigenvalue weighted by Gasteiger charge is 2.42. The summed E-state index contributed by atoms with van der Waals surface area (Å²) in [5.41, 5.74) is 4.17. The van der Waals surface area contributed by atoms with E-state index in [0.29, 0.717) is 22.3 Å². The number of isocyanates is 1. The summed E-state index contributed by atoms with van der Waals surface area (Å²) in [5.74, 6) is -4.63. The molecule has 0 unspecified atom stereocenters. The van der Waals surface area contributed by atoms with E-state index in [-0.39, 0.29) is 66.6 Å². The molecule has 11 nitrogen and oxygen atoms in total. The highest BCUT2D eigenvalue weighted by molar-refractivity contribution is 5.73. The fourth-order valence-electron chi connectivity index (χ4n) is 7.61. The number of hydrogen-bond donors (Lipinski definition) is 3. The number of benzene rings is 3. The van der Waals surface area contributed by atoms with E-state index in [1.165, 1.54) is 6.08 Å². The normalized spacial score (nSPS) is 13.0. The van der Waals surface area contributed by atoms with Gasteiger partial charge in [0.2, 0.25) is 6.08 Å². The maximum atomic E-state index is 13.8. The molecule has 0 saturated heterocycles. The Bertz CT molecular complexity index is 2070. The third kappa shape index (κ3) is 14.7. The third-order valence-corrected chi connectivity index (χ3v) is 11.4. The van der Waals surface area contributed by atoms with E-state index in [1.54, 1.807) is 0 Å². The minimum absolute atomic E-state index is 0.138. The molecule has 0 aromatic heterocycles. The molecule has 0 amide bonds. The van der Waals surface area contributed by atoms with Crippen LogP contribution in [-0.4, -0.2) is 51.8 Å². The number of carbonyl (C=O) groups is 3. The molecule has 0 radical (unpaired) electrons. The Labute approximate surface area is 388 Å². The van der Waals surface area contributed by atoms with E-state index in [1.807, 2.05) is 161 Å². The SMILES string of the molecule is CC(C)(C)c1cc(CCC(=O)OCC(N=C=O)(OC(=O)CCc2cc(C(C)(C)C)c(O)c(C(C)(C)C)c2)OC(=O)CCc2cc(C(C)(C)C)c(O)c(C(C)(C)C)c2)cc(C(C)(C)C)c1O. The number of phenols is 3. The van der Waals surface area contributed by atoms with Gasteiger partial charge in [-0.2, -0.15) is 0 Å². The number of nitrogens with zero attached hydrogens (tertiary/aromatic N) is 1. The first-order chi connectivity index (χ1) is 29.4. The van der Waals surface area contributed by atoms with E-state index in [0.717, 1.165) is 27.8 Å². The number of esters is 3. The minimum atomic E-state index is -2.69. The van der Waals surface area contributed by atoms with Gasteiger partial charge in [-0.25, -0.2) is 4.79 Å². The van der Waals surface area contributed by atoms with Crippen LogP contribution in [0.1, 0.15) is 194 Å². The summed E-state index contributed by atoms with van der Waals surface area (Å²) in [5, 5.41) is 33.7. The number of rotatable bonds is 14. The van der Waals surface area contributed by atoms with Crippen molar-refractivity contribution in [2.45, 2.75) is 202 Å². The topological polar surface area (TPSA) is 169 Å². The average molecular weight is 900 g/mol. The minimum Gasteiger partial charge on any atom is -0.507 e. The van der Waals surface area contributed by atoms with Gasteiger partial charge in [-0.15, -0.1) is 4.99 Å². The largest absolute Gasteiger partial charge is 0.507 e. The summed E-state index contributed by atoms with van der Waals surface area (Å²) in [4.78, 5) is 56.7. The molecule has 3 rings (SSSR count). The van der Waals surface area contributed by atoms with Gasteiger partial charge < -0.3 is 29.5 Å². The summed E-state index contributed by atoms with van der Waals surface area (Å²) in [7, 11) is 0. The number of aliphatic imine (C=N–C) groups is 1. The molecule has 3 aromatic carbocycles. The number of aryl methyl sites for hydroxylation is 3. The predicted octanol–water partition coefficient (Wildman–Crippen LogP) is 11.4. The number of aromatic hydroxyl groups is 3. The Hall–Kier alpha value is -5.15. The van der Waals surface area contributed by atoms with Gasteiger partial charge in [0.15, 0.2) is 6.61 Å². The molecule has 0 aliphatic carbocycles. The van der Waals surface area contributed by atoms with Gasteiger partial charge in [0.25, 0.3) is 0 Å². The van der Waals surface area contributed by atoms with Crippen molar-refractivity contribution < 1.29 is 48.7 Å². The van der Waals surface area contributed by atoms with E-state index in [9.17, 15) is 34.5 Å². The standard InChI is InChI=1S/C54H77NO10/c1-48(2,3)36-25-33(26-37(45(36)60)49(4,5)6)19-22-42(57)63-31-54(55-32-56,64-43(58)23-20-34-27-38(50(7,8)9)46(61)39(28-34)51(10,11)12)65-44(59)24-21-35-29-40(52(13,14)15)47(62)41(30-35)53(16,17)18/h25-30,60-62H,19-24,31H2,1-18H3. The van der Waals surface area contributed by atoms with Crippen LogP contribution in [-0.2, 0) is 85.1 Å². The van der Waals surface area contributed by atoms with Crippen molar-refractivity contribution >= 4 is 24.0 Å². The summed E-state index contributed by atoms with van der Waals surface area (Å²) in [6.45, 7) is 34.9. The molecule has 0 aliphatic heterocycles. The van der Waals surface area contributed by atoms with Gasteiger partial charge in [0.05, 0.1) is 0 Å². The Balaban J connectivity index is 1.98. The van der Waals surface area contributed by atoms with E-state index in [2.05, 4.69) is 4.99 Å². The van der Waals surface area contributed by atoms with Crippen molar-refractivity contribution in [2.24, 2.45) is 4.99 Å². The second-order valence-corrected chi connectivity index (χ2v) is 23.6. The lowest BCUT2D eigenvalue weighted by molar-refractivity contribution is -0.241. The molecule has 0 atom stereocenters. The zero-order valence-corrected chi connectivity index (χ0v) is 42.6. The first kappa shape index (κ1) is 54.2. The van der Waals surface area contributed by atoms with Crippen molar-refractivity contribution in [1.29, 1.82) is 0 Å². The lowest BCUT2D eigenvalue weighted by Crippen LogP contribution is -2.43. The van der Waals surface area contributed by atoms with E-state index in [4.69, 9.17) is 14.2 Å². The molecule has 65 heavy (non-hydrogen) atoms. The van der Waals surface area contributed by atoms with Gasteiger partial charge in [0.1, 0.15) is 17.2 Å². The molecule has 11 heteroatoms. The molecule has 0 aliphatic rings. The molecule has 0 fully saturated rings. The average Bonchev–Trinajstić information content (AvgIpc) is 3.13. The summed E-state index contributed by atoms with van der Waals surface area (Å²) in [6, 6.07) is 11.1. The molecule has 3 aromatic rings. The summed E-state index contributed by atoms with van der Waals surface area (Å²) < 4.78 is 17.0. The van der Waals surface area contributed by atoms with Crippen LogP contribution in [0.25, 0.3) is 0 Å². The van der Waals surface area contributed by atoms with Crippen molar-refractivity contribution in [1.82, 2.24) is 0 Å². The number of hydrogen-bond acceptors (Lipinski definition) is 11. The fourth-order valence-corrected chi connectivity index (χ4v) is 7.61. The Morgan fingerprint density at radius 3 is 0.892 bits per heavy atom. The molecular formula is C54H77NO10. The first-order valence-electron chi connectivity index (χ1n) is 22.7. The summed E-state index contributed by atoms with van der Waals surface area (Å²) in [6.07, 6.45) is 1.28. The van der Waals surface area contributed by atoms with Gasteiger partial charge in [-0.3, -0.25) is 14.4 Å². The van der Waals surface area contributed by atoms with Crippen molar-refractivity contribution in [3.63, 3.8) is 0 Å². The van der Waals surface area contributed by atoms with Gasteiger partial charge in [-0.05, 0) is 102 Å². The third-order valence-electron chi connectivity index (χ3n) is 11.4. The maximum absolute atomic E-state index is 13.8. The zero-order valence-electron chi connectivity index (χ0n) is 42.6. The van der Waals surface area contributed by atoms with Crippen LogP contribution in [0.15, 0.2) is 41.4 Å². The molecule has 0 heterocycles. The first-order valence-corrected chi connectivity index (χ1v) is 22.7. The Morgan fingerprint density at radius 1 is 0.446 bits per heavy atom. The van der Waals surface area contributed by atoms with Crippen molar-refractivity contribution in [3.05, 3.63) is 86.5 Å². The van der Waals surface area contributed by atoms with E-state index >= 15 is 0 Å². The molecule has 0 saturated carbocycles. The van der Waals surface area contributed by atoms with Crippen LogP contribution in [0.4, 0.5) is 0 Å². The molecule has 0 spiro atoms. The van der Waals surface area contributed by atoms with Crippen LogP contribution < -0.4 is 0 Å². The van der Waals surface area contributed by atoms with Crippen molar-refractivity contribution in [2.75, 3.05) is 6.61 Å². The van der Waals surface area contributed by atoms with Crippen LogP contribution in [0, 0.1) is 0 Å². The Morgan fingerprint density at radius 2 is 0.677 bits per heavy atom. The highest BCUT2D eigenvalue weighted by Crippen LogP contribution is 2.43. The highest BCUT2D eigenvalue weighted by atomic mass is 16.8. The van der Waals surface area contributed by atoms with Gasteiger partial charge in [-0.1, -0.05) is 161 Å². The fraction of sp³-hybridized carbons (Fsp3) is 0.593. The summed E-state index contributed by atoms with van der Waals surface area (Å²) >= 11 is 0. The molecule has 3 N–H and O–H groups in total. The van der Waals surface area contributed by atoms with Crippen molar-refractivity contribution in [3.8, 4) is 17.2 Å². The van der Waals surface area contributed by atoms with Gasteiger partial charge >= 0.3 is 23.8 Å².